The van der Waals surface area contributed by atoms with Crippen molar-refractivity contribution < 1.29 is 19.0 Å². The molecule has 1 saturated heterocycles. The summed E-state index contributed by atoms with van der Waals surface area (Å²) in [4.78, 5) is 22.8. The molecule has 1 fully saturated rings. The Morgan fingerprint density at radius 2 is 1.80 bits per heavy atom. The van der Waals surface area contributed by atoms with Crippen LogP contribution in [0.25, 0.3) is 10.2 Å². The Kier molecular flexibility index (Phi) is 7.23. The molecule has 0 saturated carbocycles. The number of carbonyl (C=O) groups excluding carboxylic acids is 1. The zero-order chi connectivity index (χ0) is 24.0. The van der Waals surface area contributed by atoms with Crippen molar-refractivity contribution in [1.82, 2.24) is 9.88 Å². The van der Waals surface area contributed by atoms with Crippen LogP contribution >= 0.6 is 11.3 Å². The molecule has 4 aromatic rings. The molecular formula is C27H27N3O4S. The summed E-state index contributed by atoms with van der Waals surface area (Å²) in [6.45, 7) is 4.37. The molecule has 1 aliphatic rings. The highest BCUT2D eigenvalue weighted by Gasteiger charge is 2.25. The lowest BCUT2D eigenvalue weighted by atomic mass is 10.1. The molecule has 0 aliphatic carbocycles. The zero-order valence-electron chi connectivity index (χ0n) is 19.6. The average molecular weight is 490 g/mol. The van der Waals surface area contributed by atoms with Crippen molar-refractivity contribution in [2.24, 2.45) is 0 Å². The fraction of sp³-hybridized carbons (Fsp3) is 0.259. The second-order valence-electron chi connectivity index (χ2n) is 8.15. The monoisotopic (exact) mass is 489 g/mol. The van der Waals surface area contributed by atoms with E-state index in [1.807, 2.05) is 66.7 Å². The number of hydrogen-bond acceptors (Lipinski definition) is 7. The third-order valence-corrected chi connectivity index (χ3v) is 6.93. The van der Waals surface area contributed by atoms with Gasteiger partial charge in [-0.15, -0.1) is 0 Å². The second-order valence-corrected chi connectivity index (χ2v) is 9.16. The van der Waals surface area contributed by atoms with E-state index in [2.05, 4.69) is 4.90 Å². The molecule has 1 aromatic heterocycles. The van der Waals surface area contributed by atoms with Crippen LogP contribution < -0.4 is 14.4 Å². The van der Waals surface area contributed by atoms with Crippen molar-refractivity contribution in [3.63, 3.8) is 0 Å². The van der Waals surface area contributed by atoms with Crippen LogP contribution in [0.5, 0.6) is 17.2 Å². The first-order valence-electron chi connectivity index (χ1n) is 11.6. The van der Waals surface area contributed by atoms with Gasteiger partial charge in [-0.25, -0.2) is 4.98 Å². The molecule has 0 spiro atoms. The standard InChI is InChI=1S/C27H27N3O4S/c1-32-21-11-12-23-25(19-21)35-27(28-23)30(14-13-29-15-17-33-18-16-29)26(31)22-9-5-6-10-24(22)34-20-7-3-2-4-8-20/h2-12,19H,13-18H2,1H3. The van der Waals surface area contributed by atoms with Gasteiger partial charge in [0.15, 0.2) is 5.13 Å². The topological polar surface area (TPSA) is 64.1 Å². The largest absolute Gasteiger partial charge is 0.497 e. The van der Waals surface area contributed by atoms with Crippen molar-refractivity contribution in [3.8, 4) is 17.2 Å². The maximum absolute atomic E-state index is 14.0. The summed E-state index contributed by atoms with van der Waals surface area (Å²) >= 11 is 1.48. The maximum atomic E-state index is 14.0. The van der Waals surface area contributed by atoms with Gasteiger partial charge in [0.25, 0.3) is 5.91 Å². The van der Waals surface area contributed by atoms with E-state index in [0.717, 1.165) is 35.6 Å². The van der Waals surface area contributed by atoms with Gasteiger partial charge in [0.05, 0.1) is 36.1 Å². The van der Waals surface area contributed by atoms with Crippen LogP contribution in [0, 0.1) is 0 Å². The molecule has 5 rings (SSSR count). The first kappa shape index (κ1) is 23.3. The van der Waals surface area contributed by atoms with Gasteiger partial charge >= 0.3 is 0 Å². The Balaban J connectivity index is 1.47. The molecule has 35 heavy (non-hydrogen) atoms. The minimum absolute atomic E-state index is 0.143. The highest BCUT2D eigenvalue weighted by Crippen LogP contribution is 2.34. The van der Waals surface area contributed by atoms with Crippen LogP contribution in [0.1, 0.15) is 10.4 Å². The normalized spacial score (nSPS) is 14.1. The number of fused-ring (bicyclic) bond motifs is 1. The van der Waals surface area contributed by atoms with Gasteiger partial charge < -0.3 is 14.2 Å². The molecule has 8 heteroatoms. The van der Waals surface area contributed by atoms with E-state index >= 15 is 0 Å². The summed E-state index contributed by atoms with van der Waals surface area (Å²) in [6.07, 6.45) is 0. The number of benzene rings is 3. The van der Waals surface area contributed by atoms with E-state index in [9.17, 15) is 4.79 Å². The van der Waals surface area contributed by atoms with Gasteiger partial charge in [0, 0.05) is 26.2 Å². The summed E-state index contributed by atoms with van der Waals surface area (Å²) in [5.41, 5.74) is 1.33. The second kappa shape index (κ2) is 10.9. The number of amides is 1. The Hall–Kier alpha value is -3.46. The summed E-state index contributed by atoms with van der Waals surface area (Å²) in [5, 5.41) is 0.654. The van der Waals surface area contributed by atoms with Gasteiger partial charge in [-0.2, -0.15) is 0 Å². The number of para-hydroxylation sites is 2. The number of hydrogen-bond donors (Lipinski definition) is 0. The molecule has 0 bridgehead atoms. The Morgan fingerprint density at radius 3 is 2.60 bits per heavy atom. The number of carbonyl (C=O) groups is 1. The molecule has 180 valence electrons. The molecule has 1 amide bonds. The smallest absolute Gasteiger partial charge is 0.263 e. The summed E-state index contributed by atoms with van der Waals surface area (Å²) in [6, 6.07) is 22.6. The highest BCUT2D eigenvalue weighted by molar-refractivity contribution is 7.22. The highest BCUT2D eigenvalue weighted by atomic mass is 32.1. The van der Waals surface area contributed by atoms with Crippen molar-refractivity contribution in [2.45, 2.75) is 0 Å². The summed E-state index contributed by atoms with van der Waals surface area (Å²) in [7, 11) is 1.64. The molecule has 0 N–H and O–H groups in total. The SMILES string of the molecule is COc1ccc2nc(N(CCN3CCOCC3)C(=O)c3ccccc3Oc3ccccc3)sc2c1. The fourth-order valence-corrected chi connectivity index (χ4v) is 5.00. The molecule has 3 aromatic carbocycles. The van der Waals surface area contributed by atoms with Crippen molar-refractivity contribution in [2.75, 3.05) is 51.4 Å². The number of morpholine rings is 1. The van der Waals surface area contributed by atoms with E-state index in [-0.39, 0.29) is 5.91 Å². The van der Waals surface area contributed by atoms with E-state index < -0.39 is 0 Å². The molecule has 7 nitrogen and oxygen atoms in total. The zero-order valence-corrected chi connectivity index (χ0v) is 20.4. The number of thiazole rings is 1. The number of nitrogens with zero attached hydrogens (tertiary/aromatic N) is 3. The first-order valence-corrected chi connectivity index (χ1v) is 12.4. The lowest BCUT2D eigenvalue weighted by molar-refractivity contribution is 0.0391. The predicted molar refractivity (Wildman–Crippen MR) is 138 cm³/mol. The Morgan fingerprint density at radius 1 is 1.03 bits per heavy atom. The Labute approximate surface area is 208 Å². The van der Waals surface area contributed by atoms with Crippen LogP contribution in [0.3, 0.4) is 0 Å². The number of anilines is 1. The molecule has 1 aliphatic heterocycles. The number of ether oxygens (including phenoxy) is 3. The van der Waals surface area contributed by atoms with Crippen LogP contribution in [-0.4, -0.2) is 62.3 Å². The van der Waals surface area contributed by atoms with Gasteiger partial charge in [-0.3, -0.25) is 14.6 Å². The molecular weight excluding hydrogens is 462 g/mol. The van der Waals surface area contributed by atoms with Crippen molar-refractivity contribution in [1.29, 1.82) is 0 Å². The first-order chi connectivity index (χ1) is 17.2. The van der Waals surface area contributed by atoms with Gasteiger partial charge in [-0.05, 0) is 42.5 Å². The average Bonchev–Trinajstić information content (AvgIpc) is 3.33. The minimum atomic E-state index is -0.143. The molecule has 2 heterocycles. The lowest BCUT2D eigenvalue weighted by Gasteiger charge is -2.29. The van der Waals surface area contributed by atoms with Crippen LogP contribution in [0.2, 0.25) is 0 Å². The van der Waals surface area contributed by atoms with Gasteiger partial charge in [-0.1, -0.05) is 41.7 Å². The number of rotatable bonds is 8. The van der Waals surface area contributed by atoms with Crippen molar-refractivity contribution >= 4 is 32.6 Å². The summed E-state index contributed by atoms with van der Waals surface area (Å²) < 4.78 is 17.9. The predicted octanol–water partition coefficient (Wildman–Crippen LogP) is 5.08. The van der Waals surface area contributed by atoms with E-state index in [1.54, 1.807) is 18.1 Å². The quantitative estimate of drug-likeness (QED) is 0.344. The number of methoxy groups -OCH3 is 1. The van der Waals surface area contributed by atoms with E-state index in [0.29, 0.717) is 42.0 Å². The van der Waals surface area contributed by atoms with Crippen LogP contribution in [-0.2, 0) is 4.74 Å². The van der Waals surface area contributed by atoms with Crippen LogP contribution in [0.4, 0.5) is 5.13 Å². The van der Waals surface area contributed by atoms with Crippen LogP contribution in [0.15, 0.2) is 72.8 Å². The van der Waals surface area contributed by atoms with Gasteiger partial charge in [0.2, 0.25) is 0 Å². The third-order valence-electron chi connectivity index (χ3n) is 5.89. The third kappa shape index (κ3) is 5.45. The molecule has 0 unspecified atom stereocenters. The van der Waals surface area contributed by atoms with E-state index in [4.69, 9.17) is 19.2 Å². The fourth-order valence-electron chi connectivity index (χ4n) is 3.98. The van der Waals surface area contributed by atoms with E-state index in [1.165, 1.54) is 11.3 Å². The number of aromatic nitrogens is 1. The molecule has 0 atom stereocenters. The minimum Gasteiger partial charge on any atom is -0.497 e. The van der Waals surface area contributed by atoms with Gasteiger partial charge in [0.1, 0.15) is 17.2 Å². The lowest BCUT2D eigenvalue weighted by Crippen LogP contribution is -2.43. The maximum Gasteiger partial charge on any atom is 0.263 e. The Bertz CT molecular complexity index is 1290. The molecule has 0 radical (unpaired) electrons. The van der Waals surface area contributed by atoms with Crippen molar-refractivity contribution in [3.05, 3.63) is 78.4 Å². The summed E-state index contributed by atoms with van der Waals surface area (Å²) in [5.74, 6) is 1.82.